The van der Waals surface area contributed by atoms with Crippen molar-refractivity contribution in [1.29, 1.82) is 0 Å². The molecule has 0 saturated carbocycles. The summed E-state index contributed by atoms with van der Waals surface area (Å²) < 4.78 is 0.634. The van der Waals surface area contributed by atoms with Crippen molar-refractivity contribution in [2.24, 2.45) is 0 Å². The Bertz CT molecular complexity index is 605. The van der Waals surface area contributed by atoms with Gasteiger partial charge in [-0.2, -0.15) is 0 Å². The van der Waals surface area contributed by atoms with E-state index >= 15 is 0 Å². The molecule has 0 spiro atoms. The quantitative estimate of drug-likeness (QED) is 0.594. The van der Waals surface area contributed by atoms with Crippen LogP contribution in [-0.4, -0.2) is 38.4 Å². The summed E-state index contributed by atoms with van der Waals surface area (Å²) in [6.45, 7) is -0.529. The third-order valence-electron chi connectivity index (χ3n) is 2.40. The average Bonchev–Trinajstić information content (AvgIpc) is 2.68. The first-order valence-corrected chi connectivity index (χ1v) is 6.22. The summed E-state index contributed by atoms with van der Waals surface area (Å²) in [5.41, 5.74) is 0.900. The molecule has 0 radical (unpaired) electrons. The molecule has 0 unspecified atom stereocenters. The van der Waals surface area contributed by atoms with Crippen LogP contribution < -0.4 is 5.69 Å². The van der Waals surface area contributed by atoms with Crippen LogP contribution in [0, 0.1) is 3.57 Å². The lowest BCUT2D eigenvalue weighted by Crippen LogP contribution is -2.12. The van der Waals surface area contributed by atoms with E-state index < -0.39 is 5.92 Å². The van der Waals surface area contributed by atoms with Gasteiger partial charge in [-0.15, -0.1) is 0 Å². The third-order valence-corrected chi connectivity index (χ3v) is 4.18. The van der Waals surface area contributed by atoms with Gasteiger partial charge >= 0.3 is 5.69 Å². The summed E-state index contributed by atoms with van der Waals surface area (Å²) in [7, 11) is 0. The zero-order valence-electron chi connectivity index (χ0n) is 8.50. The molecule has 2 aromatic heterocycles. The number of aromatic nitrogens is 3. The molecule has 0 bridgehead atoms. The summed E-state index contributed by atoms with van der Waals surface area (Å²) in [6, 6.07) is 0. The molecule has 2 aromatic rings. The highest BCUT2D eigenvalue weighted by molar-refractivity contribution is 14.1. The van der Waals surface area contributed by atoms with E-state index in [2.05, 4.69) is 15.0 Å². The Hall–Kier alpha value is -0.640. The number of pyridine rings is 1. The van der Waals surface area contributed by atoms with Crippen LogP contribution in [0.15, 0.2) is 4.79 Å². The van der Waals surface area contributed by atoms with Gasteiger partial charge in [0.25, 0.3) is 0 Å². The average molecular weight is 370 g/mol. The number of rotatable bonds is 3. The molecule has 4 N–H and O–H groups in total. The predicted molar refractivity (Wildman–Crippen MR) is 71.4 cm³/mol. The molecule has 2 heterocycles. The lowest BCUT2D eigenvalue weighted by molar-refractivity contribution is 0.190. The van der Waals surface area contributed by atoms with Crippen LogP contribution in [0.1, 0.15) is 11.6 Å². The maximum atomic E-state index is 11.2. The van der Waals surface area contributed by atoms with E-state index in [-0.39, 0.29) is 18.9 Å². The minimum Gasteiger partial charge on any atom is -0.396 e. The van der Waals surface area contributed by atoms with E-state index in [0.29, 0.717) is 25.5 Å². The van der Waals surface area contributed by atoms with Gasteiger partial charge in [0, 0.05) is 5.92 Å². The Balaban J connectivity index is 2.72. The van der Waals surface area contributed by atoms with Crippen molar-refractivity contribution in [3.8, 4) is 0 Å². The molecular weight excluding hydrogens is 360 g/mol. The van der Waals surface area contributed by atoms with Crippen molar-refractivity contribution in [3.63, 3.8) is 0 Å². The van der Waals surface area contributed by atoms with Crippen LogP contribution in [0.2, 0.25) is 5.02 Å². The number of hydrogen-bond donors (Lipinski definition) is 4. The molecule has 0 aliphatic heterocycles. The number of fused-ring (bicyclic) bond motifs is 1. The summed E-state index contributed by atoms with van der Waals surface area (Å²) >= 11 is 8.09. The number of aromatic amines is 2. The molecule has 0 fully saturated rings. The maximum absolute atomic E-state index is 11.2. The number of nitrogens with one attached hydrogen (secondary N) is 2. The number of aliphatic hydroxyl groups excluding tert-OH is 2. The fourth-order valence-electron chi connectivity index (χ4n) is 1.51. The number of halogens is 2. The highest BCUT2D eigenvalue weighted by atomic mass is 127. The fourth-order valence-corrected chi connectivity index (χ4v) is 2.47. The molecule has 0 aliphatic rings. The minimum absolute atomic E-state index is 0.264. The first-order valence-electron chi connectivity index (χ1n) is 4.77. The lowest BCUT2D eigenvalue weighted by Gasteiger charge is -2.13. The molecular formula is C9H9ClIN3O3. The molecule has 0 aromatic carbocycles. The van der Waals surface area contributed by atoms with Gasteiger partial charge < -0.3 is 15.2 Å². The molecule has 17 heavy (non-hydrogen) atoms. The van der Waals surface area contributed by atoms with Crippen molar-refractivity contribution < 1.29 is 10.2 Å². The van der Waals surface area contributed by atoms with E-state index in [4.69, 9.17) is 21.8 Å². The van der Waals surface area contributed by atoms with E-state index in [1.54, 1.807) is 0 Å². The topological polar surface area (TPSA) is 102 Å². The van der Waals surface area contributed by atoms with Gasteiger partial charge in [0.1, 0.15) is 5.52 Å². The number of H-pyrrole nitrogens is 2. The van der Waals surface area contributed by atoms with Crippen molar-refractivity contribution in [2.45, 2.75) is 5.92 Å². The van der Waals surface area contributed by atoms with Crippen LogP contribution in [0.25, 0.3) is 11.2 Å². The summed E-state index contributed by atoms with van der Waals surface area (Å²) in [6.07, 6.45) is 0. The van der Waals surface area contributed by atoms with Gasteiger partial charge in [-0.05, 0) is 22.6 Å². The minimum atomic E-state index is -0.557. The monoisotopic (exact) mass is 369 g/mol. The van der Waals surface area contributed by atoms with E-state index in [0.717, 1.165) is 0 Å². The fraction of sp³-hybridized carbons (Fsp3) is 0.333. The SMILES string of the molecule is O=c1[nH]c2nc(C(CO)CO)c(Cl)c(I)c2[nH]1. The van der Waals surface area contributed by atoms with Crippen molar-refractivity contribution in [3.05, 3.63) is 24.8 Å². The molecule has 0 aliphatic carbocycles. The molecule has 6 nitrogen and oxygen atoms in total. The van der Waals surface area contributed by atoms with E-state index in [1.807, 2.05) is 22.6 Å². The summed E-state index contributed by atoms with van der Waals surface area (Å²) in [5, 5.41) is 18.6. The van der Waals surface area contributed by atoms with Gasteiger partial charge in [-0.3, -0.25) is 4.98 Å². The second kappa shape index (κ2) is 4.92. The van der Waals surface area contributed by atoms with E-state index in [1.165, 1.54) is 0 Å². The molecule has 0 saturated heterocycles. The van der Waals surface area contributed by atoms with Gasteiger partial charge in [0.05, 0.1) is 27.5 Å². The first-order chi connectivity index (χ1) is 8.08. The van der Waals surface area contributed by atoms with E-state index in [9.17, 15) is 4.79 Å². The normalized spacial score (nSPS) is 11.6. The second-order valence-corrected chi connectivity index (χ2v) is 4.95. The molecule has 0 atom stereocenters. The number of aliphatic hydroxyl groups is 2. The van der Waals surface area contributed by atoms with Crippen LogP contribution in [-0.2, 0) is 0 Å². The number of nitrogens with zero attached hydrogens (tertiary/aromatic N) is 1. The van der Waals surface area contributed by atoms with Gasteiger partial charge in [-0.1, -0.05) is 11.6 Å². The number of imidazole rings is 1. The zero-order valence-corrected chi connectivity index (χ0v) is 11.4. The Labute approximate surface area is 114 Å². The second-order valence-electron chi connectivity index (χ2n) is 3.49. The van der Waals surface area contributed by atoms with Gasteiger partial charge in [-0.25, -0.2) is 9.78 Å². The molecule has 8 heteroatoms. The highest BCUT2D eigenvalue weighted by Crippen LogP contribution is 2.30. The van der Waals surface area contributed by atoms with Crippen molar-refractivity contribution in [2.75, 3.05) is 13.2 Å². The Kier molecular flexibility index (Phi) is 3.71. The van der Waals surface area contributed by atoms with Crippen LogP contribution in [0.4, 0.5) is 0 Å². The molecule has 0 amide bonds. The largest absolute Gasteiger partial charge is 0.396 e. The summed E-state index contributed by atoms with van der Waals surface area (Å²) in [4.78, 5) is 20.4. The Morgan fingerprint density at radius 1 is 1.35 bits per heavy atom. The maximum Gasteiger partial charge on any atom is 0.325 e. The zero-order chi connectivity index (χ0) is 12.6. The summed E-state index contributed by atoms with van der Waals surface area (Å²) in [5.74, 6) is -0.557. The van der Waals surface area contributed by atoms with Crippen LogP contribution in [0.5, 0.6) is 0 Å². The highest BCUT2D eigenvalue weighted by Gasteiger charge is 2.20. The lowest BCUT2D eigenvalue weighted by atomic mass is 10.1. The number of hydrogen-bond acceptors (Lipinski definition) is 4. The standard InChI is InChI=1S/C9H9ClIN3O3/c10-4-5(11)7-8(14-9(17)13-7)12-6(4)3(1-15)2-16/h3,15-16H,1-2H2,(H2,12,13,14,17). The third kappa shape index (κ3) is 2.19. The first kappa shape index (κ1) is 12.8. The predicted octanol–water partition coefficient (Wildman–Crippen LogP) is 0.577. The molecule has 2 rings (SSSR count). The van der Waals surface area contributed by atoms with Crippen molar-refractivity contribution in [1.82, 2.24) is 15.0 Å². The van der Waals surface area contributed by atoms with Gasteiger partial charge in [0.15, 0.2) is 5.65 Å². The van der Waals surface area contributed by atoms with Crippen molar-refractivity contribution >= 4 is 45.4 Å². The van der Waals surface area contributed by atoms with Crippen LogP contribution >= 0.6 is 34.2 Å². The van der Waals surface area contributed by atoms with Crippen LogP contribution in [0.3, 0.4) is 0 Å². The Morgan fingerprint density at radius 3 is 2.59 bits per heavy atom. The molecule has 92 valence electrons. The smallest absolute Gasteiger partial charge is 0.325 e. The Morgan fingerprint density at radius 2 is 2.00 bits per heavy atom. The van der Waals surface area contributed by atoms with Gasteiger partial charge in [0.2, 0.25) is 0 Å².